The minimum Gasteiger partial charge on any atom is -0.486 e. The van der Waals surface area contributed by atoms with E-state index in [0.29, 0.717) is 36.8 Å². The van der Waals surface area contributed by atoms with Crippen molar-refractivity contribution in [3.05, 3.63) is 30.9 Å². The summed E-state index contributed by atoms with van der Waals surface area (Å²) < 4.78 is 12.8. The summed E-state index contributed by atoms with van der Waals surface area (Å²) in [6, 6.07) is 3.57. The third-order valence-electron chi connectivity index (χ3n) is 2.66. The van der Waals surface area contributed by atoms with E-state index in [-0.39, 0.29) is 0 Å². The molecule has 0 radical (unpaired) electrons. The number of benzene rings is 1. The van der Waals surface area contributed by atoms with Crippen LogP contribution in [0.2, 0.25) is 0 Å². The predicted octanol–water partition coefficient (Wildman–Crippen LogP) is 1.21. The number of aromatic nitrogens is 2. The van der Waals surface area contributed by atoms with Crippen LogP contribution in [0.1, 0.15) is 0 Å². The van der Waals surface area contributed by atoms with E-state index in [1.165, 1.54) is 0 Å². The van der Waals surface area contributed by atoms with Crippen molar-refractivity contribution in [3.63, 3.8) is 0 Å². The third kappa shape index (κ3) is 1.77. The van der Waals surface area contributed by atoms with E-state index in [9.17, 15) is 4.79 Å². The molecule has 0 aliphatic carbocycles. The van der Waals surface area contributed by atoms with Crippen LogP contribution < -0.4 is 14.8 Å². The Morgan fingerprint density at radius 3 is 2.72 bits per heavy atom. The molecule has 6 heteroatoms. The first-order valence-corrected chi connectivity index (χ1v) is 5.50. The second-order valence-electron chi connectivity index (χ2n) is 3.75. The Bertz CT molecular complexity index is 566. The molecule has 2 heterocycles. The Hall–Kier alpha value is -2.50. The van der Waals surface area contributed by atoms with Crippen molar-refractivity contribution in [1.82, 2.24) is 9.55 Å². The van der Waals surface area contributed by atoms with Crippen LogP contribution in [0.25, 0.3) is 5.69 Å². The number of anilines is 1. The van der Waals surface area contributed by atoms with Crippen molar-refractivity contribution >= 4 is 12.1 Å². The van der Waals surface area contributed by atoms with Gasteiger partial charge in [-0.15, -0.1) is 0 Å². The maximum Gasteiger partial charge on any atom is 0.211 e. The molecule has 1 aliphatic heterocycles. The van der Waals surface area contributed by atoms with Gasteiger partial charge in [-0.05, 0) is 0 Å². The van der Waals surface area contributed by atoms with Crippen molar-refractivity contribution in [1.29, 1.82) is 0 Å². The molecular weight excluding hydrogens is 234 g/mol. The highest BCUT2D eigenvalue weighted by Gasteiger charge is 2.16. The number of imidazole rings is 1. The maximum absolute atomic E-state index is 10.7. The highest BCUT2D eigenvalue weighted by atomic mass is 16.6. The summed E-state index contributed by atoms with van der Waals surface area (Å²) in [5, 5.41) is 2.65. The van der Waals surface area contributed by atoms with Crippen LogP contribution in [-0.4, -0.2) is 29.2 Å². The van der Waals surface area contributed by atoms with Gasteiger partial charge in [0.25, 0.3) is 0 Å². The van der Waals surface area contributed by atoms with Crippen LogP contribution >= 0.6 is 0 Å². The second kappa shape index (κ2) is 4.40. The molecular formula is C12H11N3O3. The number of carbonyl (C=O) groups is 1. The lowest BCUT2D eigenvalue weighted by Gasteiger charge is -2.21. The van der Waals surface area contributed by atoms with E-state index in [0.717, 1.165) is 5.69 Å². The molecule has 1 N–H and O–H groups in total. The lowest BCUT2D eigenvalue weighted by molar-refractivity contribution is -0.105. The molecule has 0 saturated heterocycles. The lowest BCUT2D eigenvalue weighted by Crippen LogP contribution is -2.16. The molecule has 0 saturated carbocycles. The van der Waals surface area contributed by atoms with Gasteiger partial charge in [0.15, 0.2) is 11.5 Å². The van der Waals surface area contributed by atoms with Crippen LogP contribution in [0.5, 0.6) is 11.5 Å². The zero-order valence-corrected chi connectivity index (χ0v) is 9.50. The molecule has 2 aromatic rings. The Labute approximate surface area is 103 Å². The summed E-state index contributed by atoms with van der Waals surface area (Å²) in [4.78, 5) is 14.6. The largest absolute Gasteiger partial charge is 0.486 e. The van der Waals surface area contributed by atoms with Crippen LogP contribution in [-0.2, 0) is 4.79 Å². The number of amides is 1. The summed E-state index contributed by atoms with van der Waals surface area (Å²) >= 11 is 0. The number of nitrogens with zero attached hydrogens (tertiary/aromatic N) is 2. The number of rotatable bonds is 3. The van der Waals surface area contributed by atoms with Gasteiger partial charge < -0.3 is 19.4 Å². The number of fused-ring (bicyclic) bond motifs is 1. The average Bonchev–Trinajstić information content (AvgIpc) is 2.92. The van der Waals surface area contributed by atoms with Gasteiger partial charge in [0, 0.05) is 24.5 Å². The number of nitrogens with one attached hydrogen (secondary N) is 1. The molecule has 0 fully saturated rings. The highest BCUT2D eigenvalue weighted by Crippen LogP contribution is 2.37. The molecule has 0 atom stereocenters. The molecule has 1 aliphatic rings. The van der Waals surface area contributed by atoms with E-state index < -0.39 is 0 Å². The Morgan fingerprint density at radius 2 is 2.06 bits per heavy atom. The third-order valence-corrected chi connectivity index (χ3v) is 2.66. The Morgan fingerprint density at radius 1 is 1.28 bits per heavy atom. The zero-order chi connectivity index (χ0) is 12.4. The van der Waals surface area contributed by atoms with Gasteiger partial charge in [0.1, 0.15) is 13.2 Å². The summed E-state index contributed by atoms with van der Waals surface area (Å²) in [6.45, 7) is 1.04. The zero-order valence-electron chi connectivity index (χ0n) is 9.50. The molecule has 92 valence electrons. The smallest absolute Gasteiger partial charge is 0.211 e. The molecule has 1 amide bonds. The molecule has 0 spiro atoms. The van der Waals surface area contributed by atoms with E-state index in [1.807, 2.05) is 6.07 Å². The standard InChI is InChI=1S/C12H11N3O3/c16-8-14-9-5-11-12(18-4-3-17-11)6-10(9)15-2-1-13-7-15/h1-2,5-8H,3-4H2,(H,14,16). The Kier molecular flexibility index (Phi) is 2.60. The fraction of sp³-hybridized carbons (Fsp3) is 0.167. The average molecular weight is 245 g/mol. The SMILES string of the molecule is O=CNc1cc2c(cc1-n1ccnc1)OCCO2. The first-order valence-electron chi connectivity index (χ1n) is 5.50. The van der Waals surface area contributed by atoms with Gasteiger partial charge in [0.2, 0.25) is 6.41 Å². The molecule has 0 bridgehead atoms. The van der Waals surface area contributed by atoms with Gasteiger partial charge in [-0.3, -0.25) is 4.79 Å². The first-order chi connectivity index (χ1) is 8.88. The summed E-state index contributed by atoms with van der Waals surface area (Å²) in [7, 11) is 0. The fourth-order valence-corrected chi connectivity index (χ4v) is 1.87. The van der Waals surface area contributed by atoms with Crippen LogP contribution in [0, 0.1) is 0 Å². The highest BCUT2D eigenvalue weighted by molar-refractivity contribution is 5.79. The summed E-state index contributed by atoms with van der Waals surface area (Å²) in [5.74, 6) is 1.30. The van der Waals surface area contributed by atoms with Crippen molar-refractivity contribution in [2.75, 3.05) is 18.5 Å². The van der Waals surface area contributed by atoms with E-state index in [2.05, 4.69) is 10.3 Å². The monoisotopic (exact) mass is 245 g/mol. The Balaban J connectivity index is 2.13. The summed E-state index contributed by atoms with van der Waals surface area (Å²) in [6.07, 6.45) is 5.75. The van der Waals surface area contributed by atoms with Gasteiger partial charge in [-0.2, -0.15) is 0 Å². The van der Waals surface area contributed by atoms with Gasteiger partial charge in [0.05, 0.1) is 17.7 Å². The maximum atomic E-state index is 10.7. The molecule has 6 nitrogen and oxygen atoms in total. The van der Waals surface area contributed by atoms with Crippen LogP contribution in [0.4, 0.5) is 5.69 Å². The minimum absolute atomic E-state index is 0.512. The number of hydrogen-bond acceptors (Lipinski definition) is 4. The van der Waals surface area contributed by atoms with Crippen molar-refractivity contribution in [3.8, 4) is 17.2 Å². The molecule has 1 aromatic carbocycles. The predicted molar refractivity (Wildman–Crippen MR) is 64.2 cm³/mol. The number of hydrogen-bond donors (Lipinski definition) is 1. The van der Waals surface area contributed by atoms with Gasteiger partial charge in [-0.25, -0.2) is 4.98 Å². The second-order valence-corrected chi connectivity index (χ2v) is 3.75. The van der Waals surface area contributed by atoms with Gasteiger partial charge in [-0.1, -0.05) is 0 Å². The molecule has 3 rings (SSSR count). The summed E-state index contributed by atoms with van der Waals surface area (Å²) in [5.41, 5.74) is 1.43. The molecule has 18 heavy (non-hydrogen) atoms. The van der Waals surface area contributed by atoms with Gasteiger partial charge >= 0.3 is 0 Å². The normalized spacial score (nSPS) is 13.1. The minimum atomic E-state index is 0.512. The van der Waals surface area contributed by atoms with Crippen LogP contribution in [0.3, 0.4) is 0 Å². The topological polar surface area (TPSA) is 65.4 Å². The van der Waals surface area contributed by atoms with E-state index in [4.69, 9.17) is 9.47 Å². The fourth-order valence-electron chi connectivity index (χ4n) is 1.87. The van der Waals surface area contributed by atoms with E-state index >= 15 is 0 Å². The lowest BCUT2D eigenvalue weighted by atomic mass is 10.2. The molecule has 1 aromatic heterocycles. The quantitative estimate of drug-likeness (QED) is 0.825. The van der Waals surface area contributed by atoms with Crippen LogP contribution in [0.15, 0.2) is 30.9 Å². The van der Waals surface area contributed by atoms with Crippen molar-refractivity contribution < 1.29 is 14.3 Å². The van der Waals surface area contributed by atoms with Crippen molar-refractivity contribution in [2.24, 2.45) is 0 Å². The van der Waals surface area contributed by atoms with E-state index in [1.54, 1.807) is 29.4 Å². The number of ether oxygens (including phenoxy) is 2. The van der Waals surface area contributed by atoms with Crippen molar-refractivity contribution in [2.45, 2.75) is 0 Å². The number of carbonyl (C=O) groups excluding carboxylic acids is 1. The molecule has 0 unspecified atom stereocenters. The first kappa shape index (κ1) is 10.6.